The minimum absolute atomic E-state index is 0.294. The second-order valence-corrected chi connectivity index (χ2v) is 5.22. The zero-order valence-corrected chi connectivity index (χ0v) is 11.2. The maximum absolute atomic E-state index is 11.9. The van der Waals surface area contributed by atoms with Gasteiger partial charge in [0.05, 0.1) is 0 Å². The number of amides is 1. The molecule has 1 N–H and O–H groups in total. The van der Waals surface area contributed by atoms with Gasteiger partial charge in [-0.25, -0.2) is 0 Å². The molecule has 2 nitrogen and oxygen atoms in total. The molecule has 0 radical (unpaired) electrons. The molecule has 3 heteroatoms. The van der Waals surface area contributed by atoms with Crippen LogP contribution in [0.4, 0.5) is 0 Å². The van der Waals surface area contributed by atoms with Gasteiger partial charge in [-0.1, -0.05) is 42.1 Å². The van der Waals surface area contributed by atoms with E-state index in [1.54, 1.807) is 0 Å². The predicted molar refractivity (Wildman–Crippen MR) is 67.2 cm³/mol. The van der Waals surface area contributed by atoms with E-state index in [9.17, 15) is 4.79 Å². The van der Waals surface area contributed by atoms with Gasteiger partial charge in [0.2, 0.25) is 5.91 Å². The number of hydrogen-bond acceptors (Lipinski definition) is 1. The van der Waals surface area contributed by atoms with Gasteiger partial charge in [0, 0.05) is 17.3 Å². The summed E-state index contributed by atoms with van der Waals surface area (Å²) in [4.78, 5) is 11.9. The molecule has 0 saturated heterocycles. The summed E-state index contributed by atoms with van der Waals surface area (Å²) in [6.07, 6.45) is 8.02. The highest BCUT2D eigenvalue weighted by atomic mass is 79.9. The van der Waals surface area contributed by atoms with Crippen molar-refractivity contribution in [3.63, 3.8) is 0 Å². The standard InChI is InChI=1S/C12H22BrNO/c1-2-11(8-9-13)14-12(15)10-6-4-3-5-7-10/h10-11H,2-9H2,1H3,(H,14,15). The summed E-state index contributed by atoms with van der Waals surface area (Å²) in [7, 11) is 0. The average Bonchev–Trinajstić information content (AvgIpc) is 2.29. The number of carbonyl (C=O) groups excluding carboxylic acids is 1. The second-order valence-electron chi connectivity index (χ2n) is 4.43. The quantitative estimate of drug-likeness (QED) is 0.767. The lowest BCUT2D eigenvalue weighted by atomic mass is 9.88. The monoisotopic (exact) mass is 275 g/mol. The van der Waals surface area contributed by atoms with Crippen LogP contribution >= 0.6 is 15.9 Å². The van der Waals surface area contributed by atoms with E-state index in [0.29, 0.717) is 17.9 Å². The maximum atomic E-state index is 11.9. The molecule has 1 atom stereocenters. The summed E-state index contributed by atoms with van der Waals surface area (Å²) in [5.41, 5.74) is 0. The van der Waals surface area contributed by atoms with Gasteiger partial charge in [-0.2, -0.15) is 0 Å². The van der Waals surface area contributed by atoms with Crippen LogP contribution in [0.3, 0.4) is 0 Å². The van der Waals surface area contributed by atoms with Crippen LogP contribution in [0.25, 0.3) is 0 Å². The van der Waals surface area contributed by atoms with Crippen LogP contribution in [0, 0.1) is 5.92 Å². The molecule has 0 spiro atoms. The predicted octanol–water partition coefficient (Wildman–Crippen LogP) is 3.25. The van der Waals surface area contributed by atoms with E-state index in [-0.39, 0.29) is 0 Å². The van der Waals surface area contributed by atoms with E-state index in [4.69, 9.17) is 0 Å². The Bertz CT molecular complexity index is 190. The highest BCUT2D eigenvalue weighted by Gasteiger charge is 2.22. The summed E-state index contributed by atoms with van der Waals surface area (Å²) in [6.45, 7) is 2.13. The van der Waals surface area contributed by atoms with Crippen molar-refractivity contribution < 1.29 is 4.79 Å². The molecule has 0 aliphatic heterocycles. The van der Waals surface area contributed by atoms with Crippen molar-refractivity contribution in [2.24, 2.45) is 5.92 Å². The first-order chi connectivity index (χ1) is 7.27. The topological polar surface area (TPSA) is 29.1 Å². The molecule has 0 bridgehead atoms. The number of carbonyl (C=O) groups is 1. The molecule has 88 valence electrons. The zero-order valence-electron chi connectivity index (χ0n) is 9.60. The molecule has 0 aromatic rings. The fourth-order valence-electron chi connectivity index (χ4n) is 2.19. The number of nitrogens with one attached hydrogen (secondary N) is 1. The Hall–Kier alpha value is -0.0500. The first-order valence-electron chi connectivity index (χ1n) is 6.14. The third-order valence-electron chi connectivity index (χ3n) is 3.27. The molecule has 15 heavy (non-hydrogen) atoms. The van der Waals surface area contributed by atoms with E-state index >= 15 is 0 Å². The molecule has 0 heterocycles. The van der Waals surface area contributed by atoms with Gasteiger partial charge >= 0.3 is 0 Å². The Balaban J connectivity index is 2.31. The van der Waals surface area contributed by atoms with Gasteiger partial charge in [0.25, 0.3) is 0 Å². The van der Waals surface area contributed by atoms with Crippen molar-refractivity contribution in [2.45, 2.75) is 57.9 Å². The molecular formula is C12H22BrNO. The van der Waals surface area contributed by atoms with Crippen molar-refractivity contribution in [1.82, 2.24) is 5.32 Å². The highest BCUT2D eigenvalue weighted by Crippen LogP contribution is 2.23. The van der Waals surface area contributed by atoms with Crippen LogP contribution in [0.1, 0.15) is 51.9 Å². The average molecular weight is 276 g/mol. The number of hydrogen-bond donors (Lipinski definition) is 1. The van der Waals surface area contributed by atoms with E-state index in [2.05, 4.69) is 28.2 Å². The van der Waals surface area contributed by atoms with Gasteiger partial charge < -0.3 is 5.32 Å². The second kappa shape index (κ2) is 7.26. The fourth-order valence-corrected chi connectivity index (χ4v) is 2.75. The van der Waals surface area contributed by atoms with Crippen molar-refractivity contribution >= 4 is 21.8 Å². The van der Waals surface area contributed by atoms with Crippen LogP contribution in [0.5, 0.6) is 0 Å². The molecule has 1 unspecified atom stereocenters. The molecule has 1 aliphatic carbocycles. The third kappa shape index (κ3) is 4.54. The maximum Gasteiger partial charge on any atom is 0.223 e. The first-order valence-corrected chi connectivity index (χ1v) is 7.26. The van der Waals surface area contributed by atoms with E-state index in [1.807, 2.05) is 0 Å². The third-order valence-corrected chi connectivity index (χ3v) is 3.73. The van der Waals surface area contributed by atoms with E-state index in [0.717, 1.165) is 31.0 Å². The zero-order chi connectivity index (χ0) is 11.1. The summed E-state index contributed by atoms with van der Waals surface area (Å²) in [5.74, 6) is 0.589. The normalized spacial score (nSPS) is 19.9. The van der Waals surface area contributed by atoms with Crippen LogP contribution in [0.15, 0.2) is 0 Å². The van der Waals surface area contributed by atoms with Crippen molar-refractivity contribution in [1.29, 1.82) is 0 Å². The van der Waals surface area contributed by atoms with Gasteiger partial charge in [-0.3, -0.25) is 4.79 Å². The van der Waals surface area contributed by atoms with E-state index < -0.39 is 0 Å². The Morgan fingerprint density at radius 3 is 2.60 bits per heavy atom. The molecule has 1 aliphatic rings. The molecule has 0 aromatic heterocycles. The Morgan fingerprint density at radius 2 is 2.07 bits per heavy atom. The van der Waals surface area contributed by atoms with Crippen molar-refractivity contribution in [3.05, 3.63) is 0 Å². The van der Waals surface area contributed by atoms with Crippen LogP contribution < -0.4 is 5.32 Å². The van der Waals surface area contributed by atoms with Gasteiger partial charge in [0.1, 0.15) is 0 Å². The molecule has 1 rings (SSSR count). The van der Waals surface area contributed by atoms with Crippen LogP contribution in [-0.4, -0.2) is 17.3 Å². The Kier molecular flexibility index (Phi) is 6.30. The van der Waals surface area contributed by atoms with Gasteiger partial charge in [0.15, 0.2) is 0 Å². The Labute approximate surface area is 101 Å². The number of halogens is 1. The smallest absolute Gasteiger partial charge is 0.223 e. The fraction of sp³-hybridized carbons (Fsp3) is 0.917. The van der Waals surface area contributed by atoms with Gasteiger partial charge in [-0.15, -0.1) is 0 Å². The largest absolute Gasteiger partial charge is 0.353 e. The minimum Gasteiger partial charge on any atom is -0.353 e. The Morgan fingerprint density at radius 1 is 1.40 bits per heavy atom. The lowest BCUT2D eigenvalue weighted by Crippen LogP contribution is -2.39. The van der Waals surface area contributed by atoms with E-state index in [1.165, 1.54) is 19.3 Å². The SMILES string of the molecule is CCC(CCBr)NC(=O)C1CCCCC1. The summed E-state index contributed by atoms with van der Waals surface area (Å²) in [6, 6.07) is 0.360. The summed E-state index contributed by atoms with van der Waals surface area (Å²) < 4.78 is 0. The lowest BCUT2D eigenvalue weighted by molar-refractivity contribution is -0.126. The van der Waals surface area contributed by atoms with Crippen LogP contribution in [-0.2, 0) is 4.79 Å². The molecule has 0 aromatic carbocycles. The molecule has 1 amide bonds. The summed E-state index contributed by atoms with van der Waals surface area (Å²) >= 11 is 3.43. The van der Waals surface area contributed by atoms with Crippen LogP contribution in [0.2, 0.25) is 0 Å². The molecular weight excluding hydrogens is 254 g/mol. The molecule has 1 fully saturated rings. The number of rotatable bonds is 5. The van der Waals surface area contributed by atoms with Gasteiger partial charge in [-0.05, 0) is 25.7 Å². The summed E-state index contributed by atoms with van der Waals surface area (Å²) in [5, 5.41) is 4.14. The minimum atomic E-state index is 0.294. The number of alkyl halides is 1. The molecule has 1 saturated carbocycles. The lowest BCUT2D eigenvalue weighted by Gasteiger charge is -2.24. The van der Waals surface area contributed by atoms with Crippen molar-refractivity contribution in [3.8, 4) is 0 Å². The first kappa shape index (κ1) is 13.0. The van der Waals surface area contributed by atoms with Crippen molar-refractivity contribution in [2.75, 3.05) is 5.33 Å². The highest BCUT2D eigenvalue weighted by molar-refractivity contribution is 9.09.